The van der Waals surface area contributed by atoms with Gasteiger partial charge in [-0.1, -0.05) is 17.7 Å². The summed E-state index contributed by atoms with van der Waals surface area (Å²) in [6.45, 7) is 3.13. The second-order valence-electron chi connectivity index (χ2n) is 4.57. The van der Waals surface area contributed by atoms with Gasteiger partial charge in [0.1, 0.15) is 0 Å². The molecule has 1 aliphatic heterocycles. The van der Waals surface area contributed by atoms with E-state index in [0.717, 1.165) is 12.8 Å². The van der Waals surface area contributed by atoms with Crippen LogP contribution in [0.5, 0.6) is 0 Å². The van der Waals surface area contributed by atoms with Gasteiger partial charge >= 0.3 is 0 Å². The lowest BCUT2D eigenvalue weighted by Gasteiger charge is -2.29. The molecule has 0 spiro atoms. The van der Waals surface area contributed by atoms with E-state index in [1.165, 1.54) is 14.8 Å². The van der Waals surface area contributed by atoms with Crippen LogP contribution >= 0.6 is 11.8 Å². The molecule has 2 rings (SSSR count). The van der Waals surface area contributed by atoms with E-state index in [2.05, 4.69) is 31.2 Å². The fraction of sp³-hybridized carbons (Fsp3) is 0.500. The van der Waals surface area contributed by atoms with Crippen molar-refractivity contribution < 1.29 is 8.42 Å². The van der Waals surface area contributed by atoms with Crippen molar-refractivity contribution in [2.75, 3.05) is 13.1 Å². The molecule has 1 aromatic rings. The van der Waals surface area contributed by atoms with E-state index in [4.69, 9.17) is 5.14 Å². The van der Waals surface area contributed by atoms with E-state index in [1.54, 1.807) is 0 Å². The molecule has 0 aliphatic carbocycles. The summed E-state index contributed by atoms with van der Waals surface area (Å²) in [4.78, 5) is 1.25. The third-order valence-electron chi connectivity index (χ3n) is 3.08. The molecule has 4 nitrogen and oxygen atoms in total. The summed E-state index contributed by atoms with van der Waals surface area (Å²) in [7, 11) is -3.50. The molecule has 1 saturated heterocycles. The highest BCUT2D eigenvalue weighted by Crippen LogP contribution is 2.30. The van der Waals surface area contributed by atoms with Crippen molar-refractivity contribution in [1.29, 1.82) is 0 Å². The molecule has 0 atom stereocenters. The number of thioether (sulfide) groups is 1. The van der Waals surface area contributed by atoms with E-state index in [9.17, 15) is 8.42 Å². The lowest BCUT2D eigenvalue weighted by atomic mass is 10.2. The van der Waals surface area contributed by atoms with Crippen LogP contribution in [-0.2, 0) is 10.2 Å². The van der Waals surface area contributed by atoms with E-state index < -0.39 is 10.2 Å². The number of nitrogens with two attached hydrogens (primary N) is 1. The summed E-state index contributed by atoms with van der Waals surface area (Å²) in [5, 5.41) is 5.59. The van der Waals surface area contributed by atoms with Gasteiger partial charge in [-0.2, -0.15) is 12.7 Å². The van der Waals surface area contributed by atoms with Gasteiger partial charge in [0.25, 0.3) is 10.2 Å². The molecule has 100 valence electrons. The lowest BCUT2D eigenvalue weighted by Crippen LogP contribution is -2.42. The first-order valence-corrected chi connectivity index (χ1v) is 8.34. The maximum absolute atomic E-state index is 11.2. The molecule has 1 aliphatic rings. The monoisotopic (exact) mass is 286 g/mol. The van der Waals surface area contributed by atoms with E-state index in [-0.39, 0.29) is 0 Å². The van der Waals surface area contributed by atoms with Crippen molar-refractivity contribution in [2.45, 2.75) is 29.9 Å². The van der Waals surface area contributed by atoms with Crippen LogP contribution in [-0.4, -0.2) is 31.1 Å². The van der Waals surface area contributed by atoms with Gasteiger partial charge in [0.2, 0.25) is 0 Å². The molecule has 0 radical (unpaired) electrons. The number of benzene rings is 1. The van der Waals surface area contributed by atoms with Gasteiger partial charge in [-0.05, 0) is 31.9 Å². The Kier molecular flexibility index (Phi) is 4.32. The van der Waals surface area contributed by atoms with E-state index >= 15 is 0 Å². The third kappa shape index (κ3) is 3.71. The Bertz CT molecular complexity index is 491. The van der Waals surface area contributed by atoms with Crippen LogP contribution in [0.1, 0.15) is 18.4 Å². The Labute approximate surface area is 113 Å². The maximum Gasteiger partial charge on any atom is 0.276 e. The molecule has 0 amide bonds. The van der Waals surface area contributed by atoms with Gasteiger partial charge in [-0.25, -0.2) is 5.14 Å². The van der Waals surface area contributed by atoms with Gasteiger partial charge in [0.05, 0.1) is 0 Å². The summed E-state index contributed by atoms with van der Waals surface area (Å²) >= 11 is 1.82. The largest absolute Gasteiger partial charge is 0.276 e. The van der Waals surface area contributed by atoms with Crippen molar-refractivity contribution >= 4 is 22.0 Å². The van der Waals surface area contributed by atoms with Crippen LogP contribution in [0.3, 0.4) is 0 Å². The summed E-state index contributed by atoms with van der Waals surface area (Å²) in [6, 6.07) is 8.43. The second kappa shape index (κ2) is 5.61. The Morgan fingerprint density at radius 1 is 1.22 bits per heavy atom. The Hall–Kier alpha value is -0.560. The Balaban J connectivity index is 1.89. The van der Waals surface area contributed by atoms with Crippen molar-refractivity contribution in [3.05, 3.63) is 29.8 Å². The molecule has 2 N–H and O–H groups in total. The van der Waals surface area contributed by atoms with Crippen LogP contribution < -0.4 is 5.14 Å². The summed E-state index contributed by atoms with van der Waals surface area (Å²) in [6.07, 6.45) is 1.71. The quantitative estimate of drug-likeness (QED) is 0.921. The predicted molar refractivity (Wildman–Crippen MR) is 74.7 cm³/mol. The molecule has 1 heterocycles. The third-order valence-corrected chi connectivity index (χ3v) is 5.52. The number of piperidine rings is 1. The summed E-state index contributed by atoms with van der Waals surface area (Å²) in [5.74, 6) is 0. The minimum absolute atomic E-state index is 0.478. The molecule has 0 aromatic heterocycles. The average Bonchev–Trinajstić information content (AvgIpc) is 2.32. The van der Waals surface area contributed by atoms with Gasteiger partial charge in [0, 0.05) is 23.2 Å². The lowest BCUT2D eigenvalue weighted by molar-refractivity contribution is 0.353. The maximum atomic E-state index is 11.2. The van der Waals surface area contributed by atoms with Gasteiger partial charge in [-0.3, -0.25) is 0 Å². The number of aryl methyl sites for hydroxylation is 1. The van der Waals surface area contributed by atoms with Crippen LogP contribution in [0.4, 0.5) is 0 Å². The van der Waals surface area contributed by atoms with Crippen LogP contribution in [0.25, 0.3) is 0 Å². The minimum Gasteiger partial charge on any atom is -0.216 e. The zero-order valence-electron chi connectivity index (χ0n) is 10.4. The highest BCUT2D eigenvalue weighted by Gasteiger charge is 2.25. The topological polar surface area (TPSA) is 63.4 Å². The van der Waals surface area contributed by atoms with Crippen LogP contribution in [0, 0.1) is 6.92 Å². The van der Waals surface area contributed by atoms with Crippen molar-refractivity contribution in [3.63, 3.8) is 0 Å². The molecule has 0 saturated carbocycles. The molecule has 0 unspecified atom stereocenters. The molecule has 1 fully saturated rings. The molecule has 1 aromatic carbocycles. The van der Waals surface area contributed by atoms with Crippen molar-refractivity contribution in [2.24, 2.45) is 5.14 Å². The molecule has 0 bridgehead atoms. The first kappa shape index (κ1) is 13.9. The summed E-state index contributed by atoms with van der Waals surface area (Å²) < 4.78 is 23.7. The number of hydrogen-bond acceptors (Lipinski definition) is 3. The molecular weight excluding hydrogens is 268 g/mol. The average molecular weight is 286 g/mol. The summed E-state index contributed by atoms with van der Waals surface area (Å²) in [5.41, 5.74) is 1.25. The van der Waals surface area contributed by atoms with Crippen molar-refractivity contribution in [3.8, 4) is 0 Å². The Morgan fingerprint density at radius 3 is 2.28 bits per heavy atom. The highest BCUT2D eigenvalue weighted by atomic mass is 32.2. The van der Waals surface area contributed by atoms with Crippen LogP contribution in [0.2, 0.25) is 0 Å². The zero-order chi connectivity index (χ0) is 13.2. The van der Waals surface area contributed by atoms with Gasteiger partial charge in [-0.15, -0.1) is 11.8 Å². The first-order valence-electron chi connectivity index (χ1n) is 5.96. The van der Waals surface area contributed by atoms with Crippen LogP contribution in [0.15, 0.2) is 29.2 Å². The Morgan fingerprint density at radius 2 is 1.78 bits per heavy atom. The second-order valence-corrected chi connectivity index (χ2v) is 7.49. The predicted octanol–water partition coefficient (Wildman–Crippen LogP) is 1.76. The van der Waals surface area contributed by atoms with Crippen molar-refractivity contribution in [1.82, 2.24) is 4.31 Å². The van der Waals surface area contributed by atoms with Gasteiger partial charge in [0.15, 0.2) is 0 Å². The standard InChI is InChI=1S/C12H18N2O2S2/c1-10-2-4-11(5-3-10)17-12-6-8-14(9-7-12)18(13,15)16/h2-5,12H,6-9H2,1H3,(H2,13,15,16). The number of nitrogens with zero attached hydrogens (tertiary/aromatic N) is 1. The fourth-order valence-electron chi connectivity index (χ4n) is 2.01. The highest BCUT2D eigenvalue weighted by molar-refractivity contribution is 8.00. The number of rotatable bonds is 3. The normalized spacial score (nSPS) is 19.0. The smallest absolute Gasteiger partial charge is 0.216 e. The zero-order valence-corrected chi connectivity index (χ0v) is 12.0. The van der Waals surface area contributed by atoms with E-state index in [0.29, 0.717) is 18.3 Å². The van der Waals surface area contributed by atoms with E-state index in [1.807, 2.05) is 11.8 Å². The van der Waals surface area contributed by atoms with Gasteiger partial charge < -0.3 is 0 Å². The minimum atomic E-state index is -3.50. The molecule has 18 heavy (non-hydrogen) atoms. The molecule has 6 heteroatoms. The first-order chi connectivity index (χ1) is 8.45. The number of hydrogen-bond donors (Lipinski definition) is 1. The fourth-order valence-corrected chi connectivity index (χ4v) is 3.86. The SMILES string of the molecule is Cc1ccc(SC2CCN(S(N)(=O)=O)CC2)cc1. The molecular formula is C12H18N2O2S2.